The van der Waals surface area contributed by atoms with E-state index in [1.807, 2.05) is 18.7 Å². The van der Waals surface area contributed by atoms with E-state index in [0.29, 0.717) is 57.8 Å². The van der Waals surface area contributed by atoms with Gasteiger partial charge in [-0.05, 0) is 44.9 Å². The topological polar surface area (TPSA) is 70.9 Å². The standard InChI is InChI=1S/C24H32F3N5O2/c1-5-30(6-2)22(34)32-15-20(21(33)29(3)4)23(16-32)9-11-31(12-10-23)18-8-7-17(14-28)19(13-18)24(25,26)27/h7-8,13,20H,5-6,9-12,15-16H2,1-4H3. The normalized spacial score (nSPS) is 19.8. The number of nitriles is 1. The maximum atomic E-state index is 13.4. The van der Waals surface area contributed by atoms with Crippen LogP contribution in [0.25, 0.3) is 0 Å². The van der Waals surface area contributed by atoms with Gasteiger partial charge in [0, 0.05) is 64.5 Å². The Morgan fingerprint density at radius 3 is 2.29 bits per heavy atom. The molecule has 10 heteroatoms. The van der Waals surface area contributed by atoms with Gasteiger partial charge in [-0.3, -0.25) is 4.79 Å². The number of hydrogen-bond donors (Lipinski definition) is 0. The maximum absolute atomic E-state index is 13.4. The Morgan fingerprint density at radius 1 is 1.18 bits per heavy atom. The quantitative estimate of drug-likeness (QED) is 0.661. The lowest BCUT2D eigenvalue weighted by atomic mass is 9.70. The molecule has 7 nitrogen and oxygen atoms in total. The summed E-state index contributed by atoms with van der Waals surface area (Å²) in [6.45, 7) is 6.74. The number of urea groups is 1. The second-order valence-corrected chi connectivity index (χ2v) is 9.31. The molecule has 3 rings (SSSR count). The molecule has 1 aromatic carbocycles. The lowest BCUT2D eigenvalue weighted by molar-refractivity contribution is -0.138. The van der Waals surface area contributed by atoms with Crippen LogP contribution < -0.4 is 4.90 Å². The van der Waals surface area contributed by atoms with E-state index in [1.54, 1.807) is 40.9 Å². The molecule has 2 aliphatic heterocycles. The fraction of sp³-hybridized carbons (Fsp3) is 0.625. The van der Waals surface area contributed by atoms with E-state index in [4.69, 9.17) is 5.26 Å². The molecule has 1 unspecified atom stereocenters. The SMILES string of the molecule is CCN(CC)C(=O)N1CC(C(=O)N(C)C)C2(CCN(c3ccc(C#N)c(C(F)(F)F)c3)CC2)C1. The molecule has 0 saturated carbocycles. The molecule has 0 N–H and O–H groups in total. The van der Waals surface area contributed by atoms with Gasteiger partial charge < -0.3 is 19.6 Å². The van der Waals surface area contributed by atoms with E-state index in [-0.39, 0.29) is 17.9 Å². The van der Waals surface area contributed by atoms with Crippen molar-refractivity contribution < 1.29 is 22.8 Å². The lowest BCUT2D eigenvalue weighted by Crippen LogP contribution is -2.48. The fourth-order valence-corrected chi connectivity index (χ4v) is 5.24. The monoisotopic (exact) mass is 479 g/mol. The summed E-state index contributed by atoms with van der Waals surface area (Å²) in [6.07, 6.45) is -3.45. The summed E-state index contributed by atoms with van der Waals surface area (Å²) in [5.74, 6) is -0.378. The summed E-state index contributed by atoms with van der Waals surface area (Å²) < 4.78 is 40.3. The number of anilines is 1. The van der Waals surface area contributed by atoms with Crippen molar-refractivity contribution in [3.8, 4) is 6.07 Å². The average molecular weight is 480 g/mol. The first-order valence-electron chi connectivity index (χ1n) is 11.6. The highest BCUT2D eigenvalue weighted by molar-refractivity contribution is 5.82. The largest absolute Gasteiger partial charge is 0.417 e. The number of carbonyl (C=O) groups is 2. The van der Waals surface area contributed by atoms with Gasteiger partial charge in [0.15, 0.2) is 0 Å². The molecule has 1 spiro atoms. The molecule has 2 saturated heterocycles. The maximum Gasteiger partial charge on any atom is 0.417 e. The number of likely N-dealkylation sites (tertiary alicyclic amines) is 1. The molecule has 0 radical (unpaired) electrons. The molecule has 0 aliphatic carbocycles. The first-order valence-corrected chi connectivity index (χ1v) is 11.6. The second-order valence-electron chi connectivity index (χ2n) is 9.31. The minimum Gasteiger partial charge on any atom is -0.371 e. The Bertz CT molecular complexity index is 960. The van der Waals surface area contributed by atoms with Crippen LogP contribution in [0.2, 0.25) is 0 Å². The highest BCUT2D eigenvalue weighted by Crippen LogP contribution is 2.46. The summed E-state index contributed by atoms with van der Waals surface area (Å²) in [7, 11) is 3.41. The van der Waals surface area contributed by atoms with Crippen LogP contribution >= 0.6 is 0 Å². The van der Waals surface area contributed by atoms with Gasteiger partial charge in [-0.25, -0.2) is 4.79 Å². The molecule has 1 aromatic rings. The van der Waals surface area contributed by atoms with Crippen LogP contribution in [-0.4, -0.2) is 80.0 Å². The minimum atomic E-state index is -4.61. The van der Waals surface area contributed by atoms with Gasteiger partial charge in [-0.1, -0.05) is 0 Å². The summed E-state index contributed by atoms with van der Waals surface area (Å²) in [5.41, 5.74) is -1.35. The van der Waals surface area contributed by atoms with Crippen molar-refractivity contribution in [1.29, 1.82) is 5.26 Å². The van der Waals surface area contributed by atoms with Gasteiger partial charge in [-0.2, -0.15) is 18.4 Å². The molecule has 0 bridgehead atoms. The van der Waals surface area contributed by atoms with Gasteiger partial charge >= 0.3 is 12.2 Å². The second kappa shape index (κ2) is 9.72. The van der Waals surface area contributed by atoms with Crippen LogP contribution in [0.15, 0.2) is 18.2 Å². The number of halogens is 3. The molecule has 2 heterocycles. The van der Waals surface area contributed by atoms with Gasteiger partial charge in [0.1, 0.15) is 0 Å². The molecule has 2 aliphatic rings. The van der Waals surface area contributed by atoms with Crippen molar-refractivity contribution in [3.05, 3.63) is 29.3 Å². The number of piperidine rings is 1. The molecule has 186 valence electrons. The Balaban J connectivity index is 1.84. The third-order valence-corrected chi connectivity index (χ3v) is 7.24. The Hall–Kier alpha value is -2.96. The van der Waals surface area contributed by atoms with Crippen LogP contribution in [0.3, 0.4) is 0 Å². The molecule has 2 fully saturated rings. The number of rotatable bonds is 4. The molecule has 0 aromatic heterocycles. The van der Waals surface area contributed by atoms with Crippen molar-refractivity contribution in [3.63, 3.8) is 0 Å². The van der Waals surface area contributed by atoms with E-state index in [1.165, 1.54) is 6.07 Å². The lowest BCUT2D eigenvalue weighted by Gasteiger charge is -2.43. The Morgan fingerprint density at radius 2 is 1.79 bits per heavy atom. The van der Waals surface area contributed by atoms with Crippen molar-refractivity contribution in [2.75, 3.05) is 58.3 Å². The fourth-order valence-electron chi connectivity index (χ4n) is 5.24. The van der Waals surface area contributed by atoms with Crippen molar-refractivity contribution >= 4 is 17.6 Å². The van der Waals surface area contributed by atoms with Crippen LogP contribution in [0.5, 0.6) is 0 Å². The van der Waals surface area contributed by atoms with Gasteiger partial charge in [-0.15, -0.1) is 0 Å². The summed E-state index contributed by atoms with van der Waals surface area (Å²) >= 11 is 0. The summed E-state index contributed by atoms with van der Waals surface area (Å²) in [4.78, 5) is 33.0. The smallest absolute Gasteiger partial charge is 0.371 e. The van der Waals surface area contributed by atoms with Crippen molar-refractivity contribution in [2.24, 2.45) is 11.3 Å². The molecular weight excluding hydrogens is 447 g/mol. The zero-order chi connectivity index (χ0) is 25.3. The highest BCUT2D eigenvalue weighted by Gasteiger charge is 2.53. The van der Waals surface area contributed by atoms with Crippen molar-refractivity contribution in [1.82, 2.24) is 14.7 Å². The van der Waals surface area contributed by atoms with E-state index in [9.17, 15) is 22.8 Å². The zero-order valence-corrected chi connectivity index (χ0v) is 20.2. The third kappa shape index (κ3) is 4.79. The summed E-state index contributed by atoms with van der Waals surface area (Å²) in [6, 6.07) is 5.31. The van der Waals surface area contributed by atoms with Crippen molar-refractivity contribution in [2.45, 2.75) is 32.9 Å². The van der Waals surface area contributed by atoms with Gasteiger partial charge in [0.2, 0.25) is 5.91 Å². The van der Waals surface area contributed by atoms with Crippen LogP contribution in [0.1, 0.15) is 37.8 Å². The summed E-state index contributed by atoms with van der Waals surface area (Å²) in [5, 5.41) is 9.06. The highest BCUT2D eigenvalue weighted by atomic mass is 19.4. The molecule has 34 heavy (non-hydrogen) atoms. The predicted octanol–water partition coefficient (Wildman–Crippen LogP) is 3.65. The number of amides is 3. The molecule has 1 atom stereocenters. The molecular formula is C24H32F3N5O2. The average Bonchev–Trinajstić information content (AvgIpc) is 3.17. The van der Waals surface area contributed by atoms with Gasteiger partial charge in [0.05, 0.1) is 23.1 Å². The third-order valence-electron chi connectivity index (χ3n) is 7.24. The van der Waals surface area contributed by atoms with E-state index >= 15 is 0 Å². The number of nitrogens with zero attached hydrogens (tertiary/aromatic N) is 5. The van der Waals surface area contributed by atoms with Gasteiger partial charge in [0.25, 0.3) is 0 Å². The first kappa shape index (κ1) is 25.7. The number of alkyl halides is 3. The Kier molecular flexibility index (Phi) is 7.34. The zero-order valence-electron chi connectivity index (χ0n) is 20.2. The number of benzene rings is 1. The number of hydrogen-bond acceptors (Lipinski definition) is 4. The minimum absolute atomic E-state index is 0.0268. The van der Waals surface area contributed by atoms with E-state index in [2.05, 4.69) is 0 Å². The first-order chi connectivity index (χ1) is 16.0. The van der Waals surface area contributed by atoms with Crippen LogP contribution in [0.4, 0.5) is 23.7 Å². The molecule has 3 amide bonds. The van der Waals surface area contributed by atoms with Crippen LogP contribution in [0, 0.1) is 22.7 Å². The van der Waals surface area contributed by atoms with Crippen LogP contribution in [-0.2, 0) is 11.0 Å². The predicted molar refractivity (Wildman–Crippen MR) is 122 cm³/mol. The Labute approximate surface area is 198 Å². The van der Waals surface area contributed by atoms with E-state index < -0.39 is 22.7 Å². The van der Waals surface area contributed by atoms with E-state index in [0.717, 1.165) is 6.07 Å². The number of carbonyl (C=O) groups excluding carboxylic acids is 2.